The number of halogens is 3. The van der Waals surface area contributed by atoms with Gasteiger partial charge in [0.15, 0.2) is 0 Å². The molecule has 4 atom stereocenters. The van der Waals surface area contributed by atoms with Gasteiger partial charge in [-0.05, 0) is 128 Å². The van der Waals surface area contributed by atoms with Crippen LogP contribution in [-0.4, -0.2) is 93.7 Å². The van der Waals surface area contributed by atoms with Crippen molar-refractivity contribution >= 4 is 17.9 Å². The third kappa shape index (κ3) is 19.7. The number of nitrogens with zero attached hydrogens (tertiary/aromatic N) is 3. The first-order chi connectivity index (χ1) is 33.8. The van der Waals surface area contributed by atoms with Gasteiger partial charge < -0.3 is 38.6 Å². The first-order valence-electron chi connectivity index (χ1n) is 24.3. The number of hydrogen-bond acceptors (Lipinski definition) is 12. The quantitative estimate of drug-likeness (QED) is 0.0663. The van der Waals surface area contributed by atoms with Gasteiger partial charge >= 0.3 is 24.1 Å². The molecular formula is C54H69F3N4O10. The van der Waals surface area contributed by atoms with E-state index in [-0.39, 0.29) is 37.4 Å². The molecule has 2 aliphatic rings. The van der Waals surface area contributed by atoms with E-state index in [9.17, 15) is 27.9 Å². The van der Waals surface area contributed by atoms with Crippen LogP contribution in [0.25, 0.3) is 22.9 Å². The molecule has 2 heterocycles. The number of ether oxygens (including phenoxy) is 3. The second kappa shape index (κ2) is 27.7. The predicted octanol–water partition coefficient (Wildman–Crippen LogP) is 10.8. The topological polar surface area (TPSA) is 187 Å². The molecule has 0 saturated heterocycles. The summed E-state index contributed by atoms with van der Waals surface area (Å²) < 4.78 is 61.1. The summed E-state index contributed by atoms with van der Waals surface area (Å²) in [5, 5.41) is 19.8. The third-order valence-corrected chi connectivity index (χ3v) is 12.2. The van der Waals surface area contributed by atoms with Gasteiger partial charge in [0.2, 0.25) is 11.8 Å². The van der Waals surface area contributed by atoms with Crippen molar-refractivity contribution in [3.05, 3.63) is 118 Å². The van der Waals surface area contributed by atoms with E-state index >= 15 is 0 Å². The van der Waals surface area contributed by atoms with E-state index in [1.54, 1.807) is 0 Å². The summed E-state index contributed by atoms with van der Waals surface area (Å²) in [7, 11) is 0. The number of aromatic nitrogens is 2. The largest absolute Gasteiger partial charge is 0.490 e. The molecule has 7 rings (SSSR count). The molecule has 2 fully saturated rings. The molecule has 3 aromatic carbocycles. The second-order valence-electron chi connectivity index (χ2n) is 18.7. The van der Waals surface area contributed by atoms with Gasteiger partial charge in [0.05, 0.1) is 44.6 Å². The fourth-order valence-corrected chi connectivity index (χ4v) is 8.56. The summed E-state index contributed by atoms with van der Waals surface area (Å²) in [4.78, 5) is 43.3. The zero-order valence-corrected chi connectivity index (χ0v) is 41.6. The highest BCUT2D eigenvalue weighted by molar-refractivity contribution is 5.73. The molecule has 0 amide bonds. The molecule has 5 aromatic rings. The number of oxazole rings is 2. The van der Waals surface area contributed by atoms with E-state index in [0.29, 0.717) is 43.4 Å². The fraction of sp³-hybridized carbons (Fsp3) is 0.500. The van der Waals surface area contributed by atoms with Gasteiger partial charge in [-0.3, -0.25) is 14.5 Å². The SMILES string of the molecule is Cc1ccc(-c2nc(COC3CCCC(CN(CC(=O)O)Cc4ccccc4)C3)c(C)o2)cc1.Cc1ccc(-c2nc(COC3CCCC(CNCC(=O)OC(C)C)C3)c(C)o2)cc1.O=C(O)C(F)(F)F. The molecule has 0 bridgehead atoms. The van der Waals surface area contributed by atoms with Crippen LogP contribution in [0.1, 0.15) is 105 Å². The summed E-state index contributed by atoms with van der Waals surface area (Å²) >= 11 is 0. The fourth-order valence-electron chi connectivity index (χ4n) is 8.56. The van der Waals surface area contributed by atoms with Gasteiger partial charge in [0, 0.05) is 24.2 Å². The van der Waals surface area contributed by atoms with Gasteiger partial charge in [0.1, 0.15) is 22.9 Å². The van der Waals surface area contributed by atoms with Crippen molar-refractivity contribution in [1.82, 2.24) is 20.2 Å². The van der Waals surface area contributed by atoms with Gasteiger partial charge in [-0.15, -0.1) is 0 Å². The van der Waals surface area contributed by atoms with E-state index in [0.717, 1.165) is 104 Å². The lowest BCUT2D eigenvalue weighted by Crippen LogP contribution is -2.36. The monoisotopic (exact) mass is 990 g/mol. The zero-order chi connectivity index (χ0) is 51.5. The molecule has 4 unspecified atom stereocenters. The summed E-state index contributed by atoms with van der Waals surface area (Å²) in [5.74, 6) is 0.0625. The van der Waals surface area contributed by atoms with Gasteiger partial charge in [0.25, 0.3) is 0 Å². The standard InChI is InChI=1S/C28H34N2O4.C24H34N2O4.C2HF3O2/c1-20-11-13-24(14-12-20)28-29-26(21(2)34-28)19-33-25-10-6-9-23(15-25)17-30(18-27(31)32)16-22-7-4-3-5-8-22;1-16(2)29-23(27)14-25-13-19-6-5-7-21(12-19)28-15-22-18(4)30-24(26-22)20-10-8-17(3)9-11-20;3-2(4,5)1(6)7/h3-5,7-8,11-14,23,25H,6,9-10,15-19H2,1-2H3,(H,31,32);8-11,16,19,21,25H,5-7,12-15H2,1-4H3;(H,6,7). The van der Waals surface area contributed by atoms with E-state index in [4.69, 9.17) is 32.9 Å². The van der Waals surface area contributed by atoms with Gasteiger partial charge in [-0.25, -0.2) is 14.8 Å². The molecule has 17 heteroatoms. The van der Waals surface area contributed by atoms with Crippen molar-refractivity contribution in [1.29, 1.82) is 0 Å². The Morgan fingerprint density at radius 1 is 0.732 bits per heavy atom. The van der Waals surface area contributed by atoms with Crippen molar-refractivity contribution in [2.24, 2.45) is 11.8 Å². The van der Waals surface area contributed by atoms with Crippen molar-refractivity contribution in [3.8, 4) is 22.9 Å². The molecule has 2 saturated carbocycles. The van der Waals surface area contributed by atoms with Crippen LogP contribution < -0.4 is 5.32 Å². The van der Waals surface area contributed by atoms with Crippen molar-refractivity contribution < 1.29 is 60.8 Å². The molecule has 14 nitrogen and oxygen atoms in total. The lowest BCUT2D eigenvalue weighted by molar-refractivity contribution is -0.192. The number of alkyl halides is 3. The highest BCUT2D eigenvalue weighted by atomic mass is 19.4. The molecule has 386 valence electrons. The Morgan fingerprint density at radius 3 is 1.68 bits per heavy atom. The molecular weight excluding hydrogens is 922 g/mol. The number of benzene rings is 3. The normalized spacial score (nSPS) is 18.0. The summed E-state index contributed by atoms with van der Waals surface area (Å²) in [6.45, 7) is 15.2. The van der Waals surface area contributed by atoms with Gasteiger partial charge in [-0.1, -0.05) is 78.6 Å². The number of carboxylic acids is 2. The number of carbonyl (C=O) groups excluding carboxylic acids is 1. The van der Waals surface area contributed by atoms with Crippen LogP contribution in [0.4, 0.5) is 13.2 Å². The van der Waals surface area contributed by atoms with Crippen molar-refractivity contribution in [3.63, 3.8) is 0 Å². The number of aliphatic carboxylic acids is 2. The van der Waals surface area contributed by atoms with Crippen molar-refractivity contribution in [2.75, 3.05) is 26.2 Å². The molecule has 0 radical (unpaired) electrons. The lowest BCUT2D eigenvalue weighted by atomic mass is 9.86. The Morgan fingerprint density at radius 2 is 1.21 bits per heavy atom. The maximum atomic E-state index is 11.6. The lowest BCUT2D eigenvalue weighted by Gasteiger charge is -2.32. The maximum Gasteiger partial charge on any atom is 0.490 e. The van der Waals surface area contributed by atoms with Crippen molar-refractivity contribution in [2.45, 2.75) is 137 Å². The minimum atomic E-state index is -5.08. The predicted molar refractivity (Wildman–Crippen MR) is 261 cm³/mol. The van der Waals surface area contributed by atoms with Gasteiger partial charge in [-0.2, -0.15) is 13.2 Å². The Labute approximate surface area is 414 Å². The molecule has 71 heavy (non-hydrogen) atoms. The number of aryl methyl sites for hydroxylation is 4. The van der Waals surface area contributed by atoms with Crippen LogP contribution in [0, 0.1) is 39.5 Å². The average molecular weight is 991 g/mol. The number of carbonyl (C=O) groups is 3. The van der Waals surface area contributed by atoms with Crippen LogP contribution >= 0.6 is 0 Å². The van der Waals surface area contributed by atoms with Crippen LogP contribution in [0.3, 0.4) is 0 Å². The smallest absolute Gasteiger partial charge is 0.480 e. The summed E-state index contributed by atoms with van der Waals surface area (Å²) in [5.41, 5.74) is 7.20. The molecule has 0 spiro atoms. The first kappa shape index (κ1) is 56.0. The maximum absolute atomic E-state index is 11.6. The highest BCUT2D eigenvalue weighted by Crippen LogP contribution is 2.31. The number of nitrogens with one attached hydrogen (secondary N) is 1. The minimum Gasteiger partial charge on any atom is -0.480 e. The average Bonchev–Trinajstić information content (AvgIpc) is 3.89. The Hall–Kier alpha value is -5.88. The summed E-state index contributed by atoms with van der Waals surface area (Å²) in [6.07, 6.45) is 3.72. The number of rotatable bonds is 19. The van der Waals surface area contributed by atoms with Crippen LogP contribution in [0.15, 0.2) is 87.7 Å². The molecule has 0 aliphatic heterocycles. The molecule has 2 aliphatic carbocycles. The van der Waals surface area contributed by atoms with E-state index in [1.807, 2.05) is 87.2 Å². The third-order valence-electron chi connectivity index (χ3n) is 12.2. The second-order valence-corrected chi connectivity index (χ2v) is 18.7. The number of carboxylic acid groups (broad SMARTS) is 2. The minimum absolute atomic E-state index is 0.0524. The zero-order valence-electron chi connectivity index (χ0n) is 41.6. The Bertz CT molecular complexity index is 2400. The number of hydrogen-bond donors (Lipinski definition) is 3. The molecule has 3 N–H and O–H groups in total. The van der Waals surface area contributed by atoms with Crippen LogP contribution in [0.2, 0.25) is 0 Å². The first-order valence-corrected chi connectivity index (χ1v) is 24.3. The van der Waals surface area contributed by atoms with Crippen LogP contribution in [0.5, 0.6) is 0 Å². The Kier molecular flexibility index (Phi) is 21.8. The summed E-state index contributed by atoms with van der Waals surface area (Å²) in [6, 6.07) is 26.4. The van der Waals surface area contributed by atoms with E-state index in [2.05, 4.69) is 53.4 Å². The Balaban J connectivity index is 0.000000234. The molecule has 2 aromatic heterocycles. The highest BCUT2D eigenvalue weighted by Gasteiger charge is 2.38. The van der Waals surface area contributed by atoms with E-state index < -0.39 is 18.1 Å². The van der Waals surface area contributed by atoms with Crippen LogP contribution in [-0.2, 0) is 48.4 Å². The van der Waals surface area contributed by atoms with E-state index in [1.165, 1.54) is 11.1 Å². The number of esters is 1.